The van der Waals surface area contributed by atoms with Crippen LogP contribution in [0.2, 0.25) is 0 Å². The smallest absolute Gasteiger partial charge is 0.326 e. The standard InChI is InChI=1S/C11H16N4O4/c1-7(16)2-3-13-11(19)15-9(10(17)18)4-8-5-12-6-14-8/h5-6,9H,2-4H2,1H3,(H,12,14)(H,17,18)(H2,13,15,19). The number of hydrogen-bond donors (Lipinski definition) is 4. The largest absolute Gasteiger partial charge is 0.480 e. The van der Waals surface area contributed by atoms with Crippen LogP contribution in [0.4, 0.5) is 4.79 Å². The number of aromatic nitrogens is 2. The Morgan fingerprint density at radius 3 is 2.74 bits per heavy atom. The van der Waals surface area contributed by atoms with Crippen molar-refractivity contribution in [2.75, 3.05) is 6.54 Å². The van der Waals surface area contributed by atoms with Gasteiger partial charge in [0.2, 0.25) is 0 Å². The minimum absolute atomic E-state index is 0.0486. The summed E-state index contributed by atoms with van der Waals surface area (Å²) in [5.74, 6) is -1.19. The summed E-state index contributed by atoms with van der Waals surface area (Å²) in [6.07, 6.45) is 3.24. The van der Waals surface area contributed by atoms with Gasteiger partial charge < -0.3 is 20.7 Å². The van der Waals surface area contributed by atoms with Gasteiger partial charge in [-0.3, -0.25) is 4.79 Å². The third-order valence-electron chi connectivity index (χ3n) is 2.34. The van der Waals surface area contributed by atoms with E-state index in [1.165, 1.54) is 19.4 Å². The number of nitrogens with zero attached hydrogens (tertiary/aromatic N) is 1. The van der Waals surface area contributed by atoms with Crippen LogP contribution in [0, 0.1) is 0 Å². The van der Waals surface area contributed by atoms with Crippen LogP contribution in [0.3, 0.4) is 0 Å². The van der Waals surface area contributed by atoms with Crippen molar-refractivity contribution in [2.45, 2.75) is 25.8 Å². The molecule has 8 nitrogen and oxygen atoms in total. The van der Waals surface area contributed by atoms with Crippen molar-refractivity contribution in [3.8, 4) is 0 Å². The summed E-state index contributed by atoms with van der Waals surface area (Å²) >= 11 is 0. The van der Waals surface area contributed by atoms with E-state index < -0.39 is 18.0 Å². The summed E-state index contributed by atoms with van der Waals surface area (Å²) in [5, 5.41) is 13.7. The van der Waals surface area contributed by atoms with Gasteiger partial charge in [0.25, 0.3) is 0 Å². The summed E-state index contributed by atoms with van der Waals surface area (Å²) in [6.45, 7) is 1.59. The molecule has 0 aliphatic carbocycles. The molecular weight excluding hydrogens is 252 g/mol. The molecule has 1 atom stereocenters. The van der Waals surface area contributed by atoms with Crippen molar-refractivity contribution in [1.82, 2.24) is 20.6 Å². The van der Waals surface area contributed by atoms with Gasteiger partial charge in [0, 0.05) is 31.3 Å². The average Bonchev–Trinajstić information content (AvgIpc) is 2.80. The van der Waals surface area contributed by atoms with Gasteiger partial charge in [-0.25, -0.2) is 14.6 Å². The van der Waals surface area contributed by atoms with E-state index in [9.17, 15) is 14.4 Å². The molecule has 0 aromatic carbocycles. The van der Waals surface area contributed by atoms with Crippen LogP contribution in [-0.4, -0.2) is 45.4 Å². The summed E-state index contributed by atoms with van der Waals surface area (Å²) in [6, 6.07) is -1.68. The van der Waals surface area contributed by atoms with Gasteiger partial charge in [-0.15, -0.1) is 0 Å². The van der Waals surface area contributed by atoms with Crippen molar-refractivity contribution >= 4 is 17.8 Å². The molecule has 1 aromatic heterocycles. The number of Topliss-reactive ketones (excluding diaryl/α,β-unsaturated/α-hetero) is 1. The summed E-state index contributed by atoms with van der Waals surface area (Å²) in [5.41, 5.74) is 0.608. The number of ketones is 1. The molecule has 0 spiro atoms. The van der Waals surface area contributed by atoms with Crippen molar-refractivity contribution < 1.29 is 19.5 Å². The van der Waals surface area contributed by atoms with E-state index in [4.69, 9.17) is 5.11 Å². The number of urea groups is 1. The van der Waals surface area contributed by atoms with E-state index in [-0.39, 0.29) is 25.2 Å². The molecule has 0 fully saturated rings. The minimum Gasteiger partial charge on any atom is -0.480 e. The normalized spacial score (nSPS) is 11.6. The summed E-state index contributed by atoms with van der Waals surface area (Å²) < 4.78 is 0. The fourth-order valence-corrected chi connectivity index (χ4v) is 1.38. The lowest BCUT2D eigenvalue weighted by molar-refractivity contribution is -0.139. The quantitative estimate of drug-likeness (QED) is 0.539. The highest BCUT2D eigenvalue weighted by molar-refractivity contribution is 5.83. The monoisotopic (exact) mass is 268 g/mol. The third-order valence-corrected chi connectivity index (χ3v) is 2.34. The minimum atomic E-state index is -1.14. The van der Waals surface area contributed by atoms with Gasteiger partial charge in [-0.1, -0.05) is 0 Å². The lowest BCUT2D eigenvalue weighted by atomic mass is 10.2. The fourth-order valence-electron chi connectivity index (χ4n) is 1.38. The van der Waals surface area contributed by atoms with Crippen molar-refractivity contribution in [2.24, 2.45) is 0 Å². The van der Waals surface area contributed by atoms with E-state index >= 15 is 0 Å². The Bertz CT molecular complexity index is 444. The Kier molecular flexibility index (Phi) is 5.52. The number of hydrogen-bond acceptors (Lipinski definition) is 4. The Balaban J connectivity index is 2.42. The van der Waals surface area contributed by atoms with Crippen LogP contribution in [0.1, 0.15) is 19.0 Å². The predicted molar refractivity (Wildman–Crippen MR) is 65.5 cm³/mol. The van der Waals surface area contributed by atoms with Crippen LogP contribution in [-0.2, 0) is 16.0 Å². The van der Waals surface area contributed by atoms with E-state index in [1.807, 2.05) is 0 Å². The first kappa shape index (κ1) is 14.7. The number of aromatic amines is 1. The Labute approximate surface area is 109 Å². The molecule has 8 heteroatoms. The Morgan fingerprint density at radius 1 is 1.47 bits per heavy atom. The zero-order chi connectivity index (χ0) is 14.3. The van der Waals surface area contributed by atoms with Crippen molar-refractivity contribution in [3.63, 3.8) is 0 Å². The number of amides is 2. The van der Waals surface area contributed by atoms with Crippen LogP contribution in [0.15, 0.2) is 12.5 Å². The molecule has 19 heavy (non-hydrogen) atoms. The van der Waals surface area contributed by atoms with Gasteiger partial charge in [-0.2, -0.15) is 0 Å². The molecule has 4 N–H and O–H groups in total. The lowest BCUT2D eigenvalue weighted by Crippen LogP contribution is -2.47. The molecule has 0 bridgehead atoms. The summed E-state index contributed by atoms with van der Waals surface area (Å²) in [7, 11) is 0. The molecule has 0 aliphatic rings. The highest BCUT2D eigenvalue weighted by Gasteiger charge is 2.20. The number of carbonyl (C=O) groups excluding carboxylic acids is 2. The van der Waals surface area contributed by atoms with Gasteiger partial charge in [0.15, 0.2) is 0 Å². The van der Waals surface area contributed by atoms with Crippen molar-refractivity contribution in [1.29, 1.82) is 0 Å². The maximum Gasteiger partial charge on any atom is 0.326 e. The highest BCUT2D eigenvalue weighted by atomic mass is 16.4. The second kappa shape index (κ2) is 7.14. The maximum atomic E-state index is 11.4. The second-order valence-electron chi connectivity index (χ2n) is 4.02. The number of rotatable bonds is 7. The first-order valence-corrected chi connectivity index (χ1v) is 5.73. The van der Waals surface area contributed by atoms with E-state index in [0.29, 0.717) is 5.69 Å². The molecule has 1 rings (SSSR count). The molecule has 0 radical (unpaired) electrons. The first-order chi connectivity index (χ1) is 8.99. The molecular formula is C11H16N4O4. The number of carboxylic acid groups (broad SMARTS) is 1. The zero-order valence-electron chi connectivity index (χ0n) is 10.5. The maximum absolute atomic E-state index is 11.4. The van der Waals surface area contributed by atoms with Gasteiger partial charge in [-0.05, 0) is 6.92 Å². The molecule has 0 aliphatic heterocycles. The lowest BCUT2D eigenvalue weighted by Gasteiger charge is -2.14. The van der Waals surface area contributed by atoms with Crippen LogP contribution in [0.5, 0.6) is 0 Å². The molecule has 0 saturated carbocycles. The molecule has 1 aromatic rings. The van der Waals surface area contributed by atoms with Gasteiger partial charge >= 0.3 is 12.0 Å². The number of aliphatic carboxylic acids is 1. The Morgan fingerprint density at radius 2 is 2.21 bits per heavy atom. The van der Waals surface area contributed by atoms with E-state index in [0.717, 1.165) is 0 Å². The van der Waals surface area contributed by atoms with E-state index in [1.54, 1.807) is 0 Å². The number of imidazole rings is 1. The molecule has 104 valence electrons. The number of carbonyl (C=O) groups is 3. The third kappa shape index (κ3) is 5.66. The molecule has 0 saturated heterocycles. The van der Waals surface area contributed by atoms with Crippen LogP contribution in [0.25, 0.3) is 0 Å². The Hall–Kier alpha value is -2.38. The average molecular weight is 268 g/mol. The van der Waals surface area contributed by atoms with Gasteiger partial charge in [0.05, 0.1) is 6.33 Å². The molecule has 1 heterocycles. The van der Waals surface area contributed by atoms with Crippen LogP contribution < -0.4 is 10.6 Å². The number of nitrogens with one attached hydrogen (secondary N) is 3. The number of carboxylic acids is 1. The van der Waals surface area contributed by atoms with Crippen LogP contribution >= 0.6 is 0 Å². The second-order valence-corrected chi connectivity index (χ2v) is 4.02. The SMILES string of the molecule is CC(=O)CCNC(=O)NC(Cc1cnc[nH]1)C(=O)O. The number of H-pyrrole nitrogens is 1. The van der Waals surface area contributed by atoms with E-state index in [2.05, 4.69) is 20.6 Å². The first-order valence-electron chi connectivity index (χ1n) is 5.73. The molecule has 1 unspecified atom stereocenters. The molecule has 2 amide bonds. The van der Waals surface area contributed by atoms with Crippen molar-refractivity contribution in [3.05, 3.63) is 18.2 Å². The van der Waals surface area contributed by atoms with Gasteiger partial charge in [0.1, 0.15) is 11.8 Å². The topological polar surface area (TPSA) is 124 Å². The fraction of sp³-hybridized carbons (Fsp3) is 0.455. The summed E-state index contributed by atoms with van der Waals surface area (Å²) in [4.78, 5) is 39.7. The zero-order valence-corrected chi connectivity index (χ0v) is 10.5. The highest BCUT2D eigenvalue weighted by Crippen LogP contribution is 1.98. The predicted octanol–water partition coefficient (Wildman–Crippen LogP) is -0.316.